The van der Waals surface area contributed by atoms with Crippen molar-refractivity contribution in [1.82, 2.24) is 9.78 Å². The molecule has 0 unspecified atom stereocenters. The number of halogens is 1. The third-order valence-corrected chi connectivity index (χ3v) is 2.36. The van der Waals surface area contributed by atoms with Crippen LogP contribution in [0.25, 0.3) is 5.69 Å². The summed E-state index contributed by atoms with van der Waals surface area (Å²) in [7, 11) is 0. The summed E-state index contributed by atoms with van der Waals surface area (Å²) >= 11 is 0. The third-order valence-electron chi connectivity index (χ3n) is 2.36. The van der Waals surface area contributed by atoms with E-state index in [1.54, 1.807) is 12.1 Å². The molecule has 5 nitrogen and oxygen atoms in total. The molecule has 2 rings (SSSR count). The maximum absolute atomic E-state index is 13.7. The van der Waals surface area contributed by atoms with Gasteiger partial charge in [-0.3, -0.25) is 4.79 Å². The van der Waals surface area contributed by atoms with Crippen molar-refractivity contribution in [1.29, 1.82) is 0 Å². The first-order chi connectivity index (χ1) is 8.11. The molecular formula is C11H11FN4O. The molecule has 2 aromatic rings. The van der Waals surface area contributed by atoms with E-state index in [0.29, 0.717) is 5.56 Å². The van der Waals surface area contributed by atoms with Crippen LogP contribution in [0.3, 0.4) is 0 Å². The van der Waals surface area contributed by atoms with Crippen molar-refractivity contribution in [2.75, 3.05) is 0 Å². The summed E-state index contributed by atoms with van der Waals surface area (Å²) in [5.41, 5.74) is 11.6. The van der Waals surface area contributed by atoms with Gasteiger partial charge >= 0.3 is 0 Å². The number of nitrogens with two attached hydrogens (primary N) is 2. The quantitative estimate of drug-likeness (QED) is 0.813. The van der Waals surface area contributed by atoms with Gasteiger partial charge in [-0.25, -0.2) is 9.07 Å². The van der Waals surface area contributed by atoms with E-state index in [1.165, 1.54) is 23.1 Å². The highest BCUT2D eigenvalue weighted by Crippen LogP contribution is 2.15. The molecule has 6 heteroatoms. The van der Waals surface area contributed by atoms with E-state index in [1.807, 2.05) is 0 Å². The van der Waals surface area contributed by atoms with Crippen molar-refractivity contribution in [3.63, 3.8) is 0 Å². The van der Waals surface area contributed by atoms with Crippen LogP contribution in [0.5, 0.6) is 0 Å². The Morgan fingerprint density at radius 3 is 2.76 bits per heavy atom. The number of benzene rings is 1. The number of rotatable bonds is 3. The lowest BCUT2D eigenvalue weighted by atomic mass is 10.2. The Labute approximate surface area is 96.8 Å². The lowest BCUT2D eigenvalue weighted by Gasteiger charge is -2.04. The van der Waals surface area contributed by atoms with E-state index >= 15 is 0 Å². The van der Waals surface area contributed by atoms with Crippen LogP contribution in [0.2, 0.25) is 0 Å². The number of carbonyl (C=O) groups is 1. The predicted molar refractivity (Wildman–Crippen MR) is 59.9 cm³/mol. The molecule has 1 aromatic carbocycles. The standard InChI is InChI=1S/C11H11FN4O/c12-9-3-7(4-13)1-2-10(9)16-6-8(5-15-16)11(14)17/h1-3,5-6H,4,13H2,(H2,14,17). The maximum atomic E-state index is 13.7. The Kier molecular flexibility index (Phi) is 2.88. The number of hydrogen-bond acceptors (Lipinski definition) is 3. The molecule has 88 valence electrons. The Hall–Kier alpha value is -2.21. The number of carbonyl (C=O) groups excluding carboxylic acids is 1. The lowest BCUT2D eigenvalue weighted by Crippen LogP contribution is -2.09. The van der Waals surface area contributed by atoms with Gasteiger partial charge < -0.3 is 11.5 Å². The zero-order chi connectivity index (χ0) is 12.4. The molecule has 0 aliphatic rings. The second kappa shape index (κ2) is 4.34. The highest BCUT2D eigenvalue weighted by atomic mass is 19.1. The van der Waals surface area contributed by atoms with Crippen LogP contribution in [0.15, 0.2) is 30.6 Å². The molecular weight excluding hydrogens is 223 g/mol. The number of amides is 1. The van der Waals surface area contributed by atoms with Gasteiger partial charge in [0, 0.05) is 12.7 Å². The van der Waals surface area contributed by atoms with E-state index in [4.69, 9.17) is 11.5 Å². The highest BCUT2D eigenvalue weighted by molar-refractivity contribution is 5.92. The number of nitrogens with zero attached hydrogens (tertiary/aromatic N) is 2. The maximum Gasteiger partial charge on any atom is 0.251 e. The van der Waals surface area contributed by atoms with Gasteiger partial charge in [0.2, 0.25) is 0 Å². The van der Waals surface area contributed by atoms with E-state index < -0.39 is 11.7 Å². The van der Waals surface area contributed by atoms with Gasteiger partial charge in [-0.05, 0) is 17.7 Å². The minimum absolute atomic E-state index is 0.229. The van der Waals surface area contributed by atoms with Crippen LogP contribution in [0.1, 0.15) is 15.9 Å². The minimum atomic E-state index is -0.602. The Morgan fingerprint density at radius 2 is 2.24 bits per heavy atom. The normalized spacial score (nSPS) is 10.5. The van der Waals surface area contributed by atoms with Crippen LogP contribution < -0.4 is 11.5 Å². The Bertz CT molecular complexity index is 564. The van der Waals surface area contributed by atoms with Crippen molar-refractivity contribution in [2.24, 2.45) is 11.5 Å². The summed E-state index contributed by atoms with van der Waals surface area (Å²) in [5, 5.41) is 3.87. The molecule has 0 bridgehead atoms. The van der Waals surface area contributed by atoms with Gasteiger partial charge in [-0.2, -0.15) is 5.10 Å². The summed E-state index contributed by atoms with van der Waals surface area (Å²) in [6.07, 6.45) is 2.67. The first kappa shape index (κ1) is 11.3. The topological polar surface area (TPSA) is 86.9 Å². The zero-order valence-corrected chi connectivity index (χ0v) is 8.93. The number of primary amides is 1. The van der Waals surface area contributed by atoms with Crippen LogP contribution in [0, 0.1) is 5.82 Å². The van der Waals surface area contributed by atoms with Gasteiger partial charge in [0.15, 0.2) is 0 Å². The van der Waals surface area contributed by atoms with Gasteiger partial charge in [-0.15, -0.1) is 0 Å². The minimum Gasteiger partial charge on any atom is -0.366 e. The van der Waals surface area contributed by atoms with Crippen molar-refractivity contribution in [3.05, 3.63) is 47.5 Å². The number of aromatic nitrogens is 2. The number of hydrogen-bond donors (Lipinski definition) is 2. The molecule has 0 aliphatic carbocycles. The average molecular weight is 234 g/mol. The SMILES string of the molecule is NCc1ccc(-n2cc(C(N)=O)cn2)c(F)c1. The summed E-state index contributed by atoms with van der Waals surface area (Å²) in [6, 6.07) is 4.58. The van der Waals surface area contributed by atoms with Gasteiger partial charge in [0.25, 0.3) is 5.91 Å². The molecule has 17 heavy (non-hydrogen) atoms. The van der Waals surface area contributed by atoms with Crippen molar-refractivity contribution >= 4 is 5.91 Å². The fraction of sp³-hybridized carbons (Fsp3) is 0.0909. The molecule has 0 aliphatic heterocycles. The van der Waals surface area contributed by atoms with E-state index in [2.05, 4.69) is 5.10 Å². The van der Waals surface area contributed by atoms with E-state index in [9.17, 15) is 9.18 Å². The first-order valence-corrected chi connectivity index (χ1v) is 4.95. The predicted octanol–water partition coefficient (Wildman–Crippen LogP) is 0.569. The van der Waals surface area contributed by atoms with E-state index in [0.717, 1.165) is 0 Å². The molecule has 0 spiro atoms. The van der Waals surface area contributed by atoms with Crippen LogP contribution >= 0.6 is 0 Å². The van der Waals surface area contributed by atoms with Gasteiger partial charge in [0.1, 0.15) is 11.5 Å². The summed E-state index contributed by atoms with van der Waals surface area (Å²) < 4.78 is 15.0. The summed E-state index contributed by atoms with van der Waals surface area (Å²) in [4.78, 5) is 10.9. The Balaban J connectivity index is 2.42. The molecule has 0 radical (unpaired) electrons. The molecule has 1 heterocycles. The molecule has 0 fully saturated rings. The summed E-state index contributed by atoms with van der Waals surface area (Å²) in [5.74, 6) is -1.05. The fourth-order valence-electron chi connectivity index (χ4n) is 1.44. The second-order valence-corrected chi connectivity index (χ2v) is 3.53. The fourth-order valence-corrected chi connectivity index (χ4v) is 1.44. The molecule has 4 N–H and O–H groups in total. The second-order valence-electron chi connectivity index (χ2n) is 3.53. The van der Waals surface area contributed by atoms with Crippen LogP contribution in [-0.4, -0.2) is 15.7 Å². The van der Waals surface area contributed by atoms with E-state index in [-0.39, 0.29) is 17.8 Å². The highest BCUT2D eigenvalue weighted by Gasteiger charge is 2.09. The molecule has 0 saturated carbocycles. The van der Waals surface area contributed by atoms with Crippen molar-refractivity contribution < 1.29 is 9.18 Å². The monoisotopic (exact) mass is 234 g/mol. The van der Waals surface area contributed by atoms with Crippen LogP contribution in [0.4, 0.5) is 4.39 Å². The van der Waals surface area contributed by atoms with Crippen molar-refractivity contribution in [2.45, 2.75) is 6.54 Å². The van der Waals surface area contributed by atoms with Crippen LogP contribution in [-0.2, 0) is 6.54 Å². The molecule has 1 amide bonds. The van der Waals surface area contributed by atoms with Crippen molar-refractivity contribution in [3.8, 4) is 5.69 Å². The summed E-state index contributed by atoms with van der Waals surface area (Å²) in [6.45, 7) is 0.267. The Morgan fingerprint density at radius 1 is 1.47 bits per heavy atom. The third kappa shape index (κ3) is 2.16. The lowest BCUT2D eigenvalue weighted by molar-refractivity contribution is 0.100. The molecule has 1 aromatic heterocycles. The van der Waals surface area contributed by atoms with Gasteiger partial charge in [0.05, 0.1) is 11.8 Å². The first-order valence-electron chi connectivity index (χ1n) is 4.95. The smallest absolute Gasteiger partial charge is 0.251 e. The zero-order valence-electron chi connectivity index (χ0n) is 8.93. The molecule has 0 atom stereocenters. The van der Waals surface area contributed by atoms with Gasteiger partial charge in [-0.1, -0.05) is 6.07 Å². The molecule has 0 saturated heterocycles. The average Bonchev–Trinajstić information content (AvgIpc) is 2.78. The largest absolute Gasteiger partial charge is 0.366 e.